The van der Waals surface area contributed by atoms with Crippen molar-refractivity contribution in [3.8, 4) is 11.5 Å². The minimum atomic E-state index is 0.242. The smallest absolute Gasteiger partial charge is 0.225 e. The van der Waals surface area contributed by atoms with Crippen LogP contribution in [0.1, 0.15) is 13.3 Å². The second kappa shape index (κ2) is 5.95. The fourth-order valence-electron chi connectivity index (χ4n) is 2.03. The first-order valence-electron chi connectivity index (χ1n) is 6.63. The SMILES string of the molecule is COc1ccc(OCCN(C)C(=O)C2CC2C)cc1. The highest BCUT2D eigenvalue weighted by molar-refractivity contribution is 5.81. The van der Waals surface area contributed by atoms with Crippen LogP contribution in [-0.4, -0.2) is 38.1 Å². The zero-order chi connectivity index (χ0) is 13.8. The van der Waals surface area contributed by atoms with Gasteiger partial charge >= 0.3 is 0 Å². The summed E-state index contributed by atoms with van der Waals surface area (Å²) in [5.41, 5.74) is 0. The van der Waals surface area contributed by atoms with Gasteiger partial charge in [-0.2, -0.15) is 0 Å². The Morgan fingerprint density at radius 3 is 2.42 bits per heavy atom. The Morgan fingerprint density at radius 2 is 1.89 bits per heavy atom. The highest BCUT2D eigenvalue weighted by Crippen LogP contribution is 2.38. The van der Waals surface area contributed by atoms with E-state index in [1.54, 1.807) is 12.0 Å². The molecule has 1 aliphatic rings. The first kappa shape index (κ1) is 13.7. The first-order valence-corrected chi connectivity index (χ1v) is 6.63. The van der Waals surface area contributed by atoms with Crippen LogP contribution in [0.15, 0.2) is 24.3 Å². The molecule has 1 saturated carbocycles. The molecule has 0 bridgehead atoms. The summed E-state index contributed by atoms with van der Waals surface area (Å²) in [4.78, 5) is 13.7. The second-order valence-electron chi connectivity index (χ2n) is 5.10. The van der Waals surface area contributed by atoms with Crippen LogP contribution in [0.25, 0.3) is 0 Å². The molecule has 104 valence electrons. The predicted molar refractivity (Wildman–Crippen MR) is 73.4 cm³/mol. The topological polar surface area (TPSA) is 38.8 Å². The van der Waals surface area contributed by atoms with Gasteiger partial charge in [0.05, 0.1) is 13.7 Å². The summed E-state index contributed by atoms with van der Waals surface area (Å²) < 4.78 is 10.7. The molecule has 0 saturated heterocycles. The van der Waals surface area contributed by atoms with E-state index in [0.717, 1.165) is 17.9 Å². The van der Waals surface area contributed by atoms with Gasteiger partial charge in [0, 0.05) is 13.0 Å². The number of amides is 1. The Balaban J connectivity index is 1.71. The van der Waals surface area contributed by atoms with E-state index in [4.69, 9.17) is 9.47 Å². The quantitative estimate of drug-likeness (QED) is 0.789. The fourth-order valence-corrected chi connectivity index (χ4v) is 2.03. The van der Waals surface area contributed by atoms with Gasteiger partial charge in [0.25, 0.3) is 0 Å². The lowest BCUT2D eigenvalue weighted by molar-refractivity contribution is -0.131. The fraction of sp³-hybridized carbons (Fsp3) is 0.533. The molecule has 1 amide bonds. The summed E-state index contributed by atoms with van der Waals surface area (Å²) in [6, 6.07) is 7.44. The van der Waals surface area contributed by atoms with Crippen LogP contribution in [-0.2, 0) is 4.79 Å². The summed E-state index contributed by atoms with van der Waals surface area (Å²) >= 11 is 0. The van der Waals surface area contributed by atoms with Crippen molar-refractivity contribution in [1.29, 1.82) is 0 Å². The van der Waals surface area contributed by atoms with E-state index >= 15 is 0 Å². The zero-order valence-electron chi connectivity index (χ0n) is 11.8. The third-order valence-electron chi connectivity index (χ3n) is 3.56. The van der Waals surface area contributed by atoms with E-state index < -0.39 is 0 Å². The number of likely N-dealkylation sites (N-methyl/N-ethyl adjacent to an activating group) is 1. The average Bonchev–Trinajstić information content (AvgIpc) is 3.15. The molecule has 0 aliphatic heterocycles. The van der Waals surface area contributed by atoms with Crippen molar-refractivity contribution in [3.05, 3.63) is 24.3 Å². The molecule has 0 heterocycles. The van der Waals surface area contributed by atoms with Crippen molar-refractivity contribution in [2.24, 2.45) is 11.8 Å². The number of rotatable bonds is 6. The lowest BCUT2D eigenvalue weighted by Gasteiger charge is -2.17. The van der Waals surface area contributed by atoms with Gasteiger partial charge in [-0.15, -0.1) is 0 Å². The van der Waals surface area contributed by atoms with E-state index in [9.17, 15) is 4.79 Å². The van der Waals surface area contributed by atoms with Crippen LogP contribution in [0.3, 0.4) is 0 Å². The van der Waals surface area contributed by atoms with E-state index in [1.807, 2.05) is 31.3 Å². The number of carbonyl (C=O) groups is 1. The molecule has 0 spiro atoms. The monoisotopic (exact) mass is 263 g/mol. The third-order valence-corrected chi connectivity index (χ3v) is 3.56. The molecule has 1 aromatic rings. The summed E-state index contributed by atoms with van der Waals surface area (Å²) in [7, 11) is 3.47. The molecule has 4 nitrogen and oxygen atoms in total. The molecule has 0 radical (unpaired) electrons. The molecule has 2 atom stereocenters. The number of hydrogen-bond acceptors (Lipinski definition) is 3. The lowest BCUT2D eigenvalue weighted by atomic mass is 10.3. The van der Waals surface area contributed by atoms with Crippen molar-refractivity contribution >= 4 is 5.91 Å². The van der Waals surface area contributed by atoms with Gasteiger partial charge in [0.2, 0.25) is 5.91 Å². The molecule has 0 N–H and O–H groups in total. The van der Waals surface area contributed by atoms with Crippen LogP contribution in [0.5, 0.6) is 11.5 Å². The molecule has 2 unspecified atom stereocenters. The number of nitrogens with zero attached hydrogens (tertiary/aromatic N) is 1. The van der Waals surface area contributed by atoms with Crippen LogP contribution >= 0.6 is 0 Å². The van der Waals surface area contributed by atoms with Gasteiger partial charge in [-0.05, 0) is 36.6 Å². The van der Waals surface area contributed by atoms with E-state index in [2.05, 4.69) is 6.92 Å². The number of hydrogen-bond donors (Lipinski definition) is 0. The maximum atomic E-state index is 11.9. The molecule has 1 aromatic carbocycles. The normalized spacial score (nSPS) is 20.8. The largest absolute Gasteiger partial charge is 0.497 e. The Bertz CT molecular complexity index is 430. The highest BCUT2D eigenvalue weighted by atomic mass is 16.5. The van der Waals surface area contributed by atoms with Gasteiger partial charge < -0.3 is 14.4 Å². The Kier molecular flexibility index (Phi) is 4.30. The second-order valence-corrected chi connectivity index (χ2v) is 5.10. The Labute approximate surface area is 114 Å². The van der Waals surface area contributed by atoms with Crippen LogP contribution in [0.4, 0.5) is 0 Å². The number of benzene rings is 1. The van der Waals surface area contributed by atoms with E-state index in [0.29, 0.717) is 19.1 Å². The zero-order valence-corrected chi connectivity index (χ0v) is 11.8. The molecule has 0 aromatic heterocycles. The number of carbonyl (C=O) groups excluding carboxylic acids is 1. The standard InChI is InChI=1S/C15H21NO3/c1-11-10-14(11)15(17)16(2)8-9-19-13-6-4-12(18-3)5-7-13/h4-7,11,14H,8-10H2,1-3H3. The Hall–Kier alpha value is -1.71. The first-order chi connectivity index (χ1) is 9.11. The van der Waals surface area contributed by atoms with Crippen molar-refractivity contribution in [3.63, 3.8) is 0 Å². The number of methoxy groups -OCH3 is 1. The van der Waals surface area contributed by atoms with E-state index in [1.165, 1.54) is 0 Å². The van der Waals surface area contributed by atoms with Crippen molar-refractivity contribution in [2.45, 2.75) is 13.3 Å². The van der Waals surface area contributed by atoms with Gasteiger partial charge in [0.1, 0.15) is 18.1 Å². The molecule has 1 fully saturated rings. The van der Waals surface area contributed by atoms with Crippen molar-refractivity contribution in [2.75, 3.05) is 27.3 Å². The maximum Gasteiger partial charge on any atom is 0.225 e. The minimum absolute atomic E-state index is 0.242. The average molecular weight is 263 g/mol. The number of ether oxygens (including phenoxy) is 2. The van der Waals surface area contributed by atoms with Crippen LogP contribution < -0.4 is 9.47 Å². The lowest BCUT2D eigenvalue weighted by Crippen LogP contribution is -2.32. The van der Waals surface area contributed by atoms with Gasteiger partial charge in [-0.3, -0.25) is 4.79 Å². The summed E-state index contributed by atoms with van der Waals surface area (Å²) in [5.74, 6) is 2.64. The summed E-state index contributed by atoms with van der Waals surface area (Å²) in [6.45, 7) is 3.24. The molecular formula is C15H21NO3. The highest BCUT2D eigenvalue weighted by Gasteiger charge is 2.40. The van der Waals surface area contributed by atoms with E-state index in [-0.39, 0.29) is 11.8 Å². The van der Waals surface area contributed by atoms with Gasteiger partial charge in [-0.25, -0.2) is 0 Å². The van der Waals surface area contributed by atoms with Crippen molar-refractivity contribution in [1.82, 2.24) is 4.90 Å². The van der Waals surface area contributed by atoms with Gasteiger partial charge in [0.15, 0.2) is 0 Å². The molecule has 2 rings (SSSR count). The van der Waals surface area contributed by atoms with Crippen molar-refractivity contribution < 1.29 is 14.3 Å². The predicted octanol–water partition coefficient (Wildman–Crippen LogP) is 2.19. The molecule has 19 heavy (non-hydrogen) atoms. The summed E-state index contributed by atoms with van der Waals surface area (Å²) in [5, 5.41) is 0. The molecule has 1 aliphatic carbocycles. The molecular weight excluding hydrogens is 242 g/mol. The Morgan fingerprint density at radius 1 is 1.32 bits per heavy atom. The van der Waals surface area contributed by atoms with Crippen LogP contribution in [0.2, 0.25) is 0 Å². The molecule has 4 heteroatoms. The van der Waals surface area contributed by atoms with Crippen LogP contribution in [0, 0.1) is 11.8 Å². The third kappa shape index (κ3) is 3.63. The minimum Gasteiger partial charge on any atom is -0.497 e. The summed E-state index contributed by atoms with van der Waals surface area (Å²) in [6.07, 6.45) is 1.03. The maximum absolute atomic E-state index is 11.9. The van der Waals surface area contributed by atoms with Gasteiger partial charge in [-0.1, -0.05) is 6.92 Å².